The molecule has 10 heteroatoms. The number of ketones is 1. The molecule has 0 bridgehead atoms. The van der Waals surface area contributed by atoms with Crippen molar-refractivity contribution in [3.63, 3.8) is 0 Å². The molecule has 8 nitrogen and oxygen atoms in total. The number of alkyl carbamates (subject to hydrolysis) is 1. The van der Waals surface area contributed by atoms with Crippen LogP contribution in [0.15, 0.2) is 30.3 Å². The van der Waals surface area contributed by atoms with E-state index in [9.17, 15) is 19.2 Å². The highest BCUT2D eigenvalue weighted by Gasteiger charge is 2.20. The Morgan fingerprint density at radius 3 is 2.00 bits per heavy atom. The molecule has 27 heavy (non-hydrogen) atoms. The van der Waals surface area contributed by atoms with Gasteiger partial charge in [0.2, 0.25) is 5.91 Å². The zero-order chi connectivity index (χ0) is 20.8. The van der Waals surface area contributed by atoms with Gasteiger partial charge < -0.3 is 20.5 Å². The number of hydrogen-bond donors (Lipinski definition) is 3. The Morgan fingerprint density at radius 2 is 1.56 bits per heavy atom. The summed E-state index contributed by atoms with van der Waals surface area (Å²) in [6.45, 7) is 2.86. The summed E-state index contributed by atoms with van der Waals surface area (Å²) in [5.74, 6) is -1.81. The van der Waals surface area contributed by atoms with Gasteiger partial charge in [-0.05, 0) is 19.4 Å². The molecular weight excluding hydrogens is 399 g/mol. The fourth-order valence-corrected chi connectivity index (χ4v) is 1.73. The van der Waals surface area contributed by atoms with E-state index in [4.69, 9.17) is 33.0 Å². The number of rotatable bonds is 8. The van der Waals surface area contributed by atoms with Gasteiger partial charge in [0.05, 0.1) is 11.8 Å². The summed E-state index contributed by atoms with van der Waals surface area (Å²) in [7, 11) is 0. The van der Waals surface area contributed by atoms with Crippen molar-refractivity contribution in [3.8, 4) is 0 Å². The molecule has 3 N–H and O–H groups in total. The van der Waals surface area contributed by atoms with Gasteiger partial charge in [0.1, 0.15) is 18.7 Å². The lowest BCUT2D eigenvalue weighted by molar-refractivity contribution is -0.141. The topological polar surface area (TPSA) is 122 Å². The number of amides is 2. The first-order valence-corrected chi connectivity index (χ1v) is 8.92. The van der Waals surface area contributed by atoms with Crippen LogP contribution in [-0.4, -0.2) is 52.7 Å². The number of halogens is 2. The van der Waals surface area contributed by atoms with Gasteiger partial charge in [-0.25, -0.2) is 4.79 Å². The predicted octanol–water partition coefficient (Wildman–Crippen LogP) is 1.92. The third-order valence-electron chi connectivity index (χ3n) is 2.97. The molecule has 0 aromatic heterocycles. The summed E-state index contributed by atoms with van der Waals surface area (Å²) in [6.07, 6.45) is -0.746. The smallest absolute Gasteiger partial charge is 0.408 e. The maximum Gasteiger partial charge on any atom is 0.408 e. The van der Waals surface area contributed by atoms with Crippen LogP contribution in [0.1, 0.15) is 19.4 Å². The molecule has 0 heterocycles. The third-order valence-corrected chi connectivity index (χ3v) is 3.56. The van der Waals surface area contributed by atoms with E-state index in [-0.39, 0.29) is 24.2 Å². The molecule has 150 valence electrons. The van der Waals surface area contributed by atoms with Crippen LogP contribution in [0.5, 0.6) is 0 Å². The third kappa shape index (κ3) is 11.8. The number of hydrogen-bond acceptors (Lipinski definition) is 5. The number of carbonyl (C=O) groups is 4. The number of carbonyl (C=O) groups excluding carboxylic acids is 3. The molecule has 0 radical (unpaired) electrons. The highest BCUT2D eigenvalue weighted by Crippen LogP contribution is 2.00. The van der Waals surface area contributed by atoms with E-state index in [1.807, 2.05) is 18.2 Å². The van der Waals surface area contributed by atoms with Crippen molar-refractivity contribution in [2.24, 2.45) is 0 Å². The van der Waals surface area contributed by atoms with Crippen molar-refractivity contribution >= 4 is 47.0 Å². The molecule has 0 aliphatic rings. The maximum absolute atomic E-state index is 11.6. The molecule has 2 amide bonds. The van der Waals surface area contributed by atoms with Crippen molar-refractivity contribution in [3.05, 3.63) is 35.9 Å². The lowest BCUT2D eigenvalue weighted by Crippen LogP contribution is -2.49. The molecule has 1 rings (SSSR count). The van der Waals surface area contributed by atoms with Crippen LogP contribution in [0.3, 0.4) is 0 Å². The summed E-state index contributed by atoms with van der Waals surface area (Å²) in [5.41, 5.74) is 0.823. The molecule has 2 atom stereocenters. The van der Waals surface area contributed by atoms with E-state index in [0.29, 0.717) is 0 Å². The Kier molecular flexibility index (Phi) is 12.6. The molecule has 0 fully saturated rings. The van der Waals surface area contributed by atoms with E-state index in [0.717, 1.165) is 5.56 Å². The average Bonchev–Trinajstić information content (AvgIpc) is 2.66. The molecule has 2 unspecified atom stereocenters. The van der Waals surface area contributed by atoms with Gasteiger partial charge in [0.25, 0.3) is 0 Å². The second kappa shape index (κ2) is 13.8. The van der Waals surface area contributed by atoms with Crippen LogP contribution >= 0.6 is 23.2 Å². The Bertz CT molecular complexity index is 621. The van der Waals surface area contributed by atoms with Crippen molar-refractivity contribution < 1.29 is 29.0 Å². The van der Waals surface area contributed by atoms with Crippen LogP contribution in [0.25, 0.3) is 0 Å². The van der Waals surface area contributed by atoms with Gasteiger partial charge in [-0.3, -0.25) is 14.4 Å². The molecule has 0 aliphatic carbocycles. The van der Waals surface area contributed by atoms with Crippen LogP contribution in [0.2, 0.25) is 0 Å². The van der Waals surface area contributed by atoms with Gasteiger partial charge in [-0.2, -0.15) is 0 Å². The predicted molar refractivity (Wildman–Crippen MR) is 101 cm³/mol. The van der Waals surface area contributed by atoms with Crippen molar-refractivity contribution in [2.45, 2.75) is 32.5 Å². The number of carboxylic acid groups (broad SMARTS) is 1. The summed E-state index contributed by atoms with van der Waals surface area (Å²) >= 11 is 10.0. The monoisotopic (exact) mass is 420 g/mol. The Balaban J connectivity index is 0.000000972. The molecule has 0 saturated heterocycles. The summed E-state index contributed by atoms with van der Waals surface area (Å²) < 4.78 is 4.95. The van der Waals surface area contributed by atoms with Crippen molar-refractivity contribution in [2.75, 3.05) is 11.8 Å². The first-order chi connectivity index (χ1) is 12.7. The summed E-state index contributed by atoms with van der Waals surface area (Å²) in [4.78, 5) is 43.7. The lowest BCUT2D eigenvalue weighted by atomic mass is 10.2. The maximum atomic E-state index is 11.6. The van der Waals surface area contributed by atoms with E-state index in [1.54, 1.807) is 12.1 Å². The van der Waals surface area contributed by atoms with Crippen LogP contribution in [0.4, 0.5) is 4.79 Å². The summed E-state index contributed by atoms with van der Waals surface area (Å²) in [5, 5.41) is 13.3. The molecular formula is C17H22Cl2N2O6. The first-order valence-electron chi connectivity index (χ1n) is 7.85. The SMILES string of the molecule is CC(NC(=O)C(C)NC(=O)OCc1ccccc1)C(=O)O.O=C(CCl)CCl. The largest absolute Gasteiger partial charge is 0.480 e. The number of alkyl halides is 2. The standard InChI is InChI=1S/C14H18N2O5.C3H4Cl2O/c1-9(12(17)15-10(2)13(18)19)16-14(20)21-8-11-6-4-3-5-7-11;4-1-3(6)2-5/h3-7,9-10H,8H2,1-2H3,(H,15,17)(H,16,20)(H,18,19);1-2H2. The van der Waals surface area contributed by atoms with E-state index < -0.39 is 30.1 Å². The van der Waals surface area contributed by atoms with Crippen molar-refractivity contribution in [1.82, 2.24) is 10.6 Å². The number of aliphatic carboxylic acids is 1. The average molecular weight is 421 g/mol. The molecule has 0 spiro atoms. The minimum absolute atomic E-state index is 0.0312. The first kappa shape index (κ1) is 24.7. The number of carboxylic acids is 1. The Hall–Kier alpha value is -2.32. The number of ether oxygens (including phenoxy) is 1. The molecule has 0 aliphatic heterocycles. The zero-order valence-corrected chi connectivity index (χ0v) is 16.4. The van der Waals surface area contributed by atoms with E-state index in [1.165, 1.54) is 13.8 Å². The quantitative estimate of drug-likeness (QED) is 0.552. The fraction of sp³-hybridized carbons (Fsp3) is 0.412. The van der Waals surface area contributed by atoms with Crippen LogP contribution < -0.4 is 10.6 Å². The fourth-order valence-electron chi connectivity index (χ4n) is 1.44. The highest BCUT2D eigenvalue weighted by atomic mass is 35.5. The number of Topliss-reactive ketones (excluding diaryl/α,β-unsaturated/α-hetero) is 1. The highest BCUT2D eigenvalue weighted by molar-refractivity contribution is 6.35. The van der Waals surface area contributed by atoms with E-state index >= 15 is 0 Å². The zero-order valence-electron chi connectivity index (χ0n) is 14.9. The molecule has 1 aromatic rings. The Labute approximate surface area is 167 Å². The second-order valence-corrected chi connectivity index (χ2v) is 5.84. The molecule has 0 saturated carbocycles. The van der Waals surface area contributed by atoms with Crippen LogP contribution in [-0.2, 0) is 25.7 Å². The minimum atomic E-state index is -1.15. The van der Waals surface area contributed by atoms with Gasteiger partial charge in [0, 0.05) is 0 Å². The normalized spacial score (nSPS) is 11.9. The number of benzene rings is 1. The van der Waals surface area contributed by atoms with Crippen LogP contribution in [0, 0.1) is 0 Å². The van der Waals surface area contributed by atoms with E-state index in [2.05, 4.69) is 10.6 Å². The van der Waals surface area contributed by atoms with Crippen molar-refractivity contribution in [1.29, 1.82) is 0 Å². The second-order valence-electron chi connectivity index (χ2n) is 5.30. The van der Waals surface area contributed by atoms with Gasteiger partial charge in [0.15, 0.2) is 5.78 Å². The lowest BCUT2D eigenvalue weighted by Gasteiger charge is -2.16. The summed E-state index contributed by atoms with van der Waals surface area (Å²) in [6, 6.07) is 7.17. The van der Waals surface area contributed by atoms with Gasteiger partial charge in [-0.15, -0.1) is 23.2 Å². The van der Waals surface area contributed by atoms with Gasteiger partial charge >= 0.3 is 12.1 Å². The Morgan fingerprint density at radius 1 is 1.00 bits per heavy atom. The van der Waals surface area contributed by atoms with Gasteiger partial charge in [-0.1, -0.05) is 30.3 Å². The minimum Gasteiger partial charge on any atom is -0.480 e. The molecule has 1 aromatic carbocycles. The number of nitrogens with one attached hydrogen (secondary N) is 2.